The first-order valence-electron chi connectivity index (χ1n) is 5.92. The number of hydrogen-bond donors (Lipinski definition) is 2. The number of carbonyl (C=O) groups excluding carboxylic acids is 1. The number of amides is 1. The SMILES string of the molecule is Cc1ccc(C(=O)NCC(C)(C)C(=O)O)cc1[N+](=O)[O-]. The number of rotatable bonds is 5. The third-order valence-corrected chi connectivity index (χ3v) is 2.94. The van der Waals surface area contributed by atoms with Crippen LogP contribution in [0.15, 0.2) is 18.2 Å². The molecule has 20 heavy (non-hydrogen) atoms. The number of nitrogens with zero attached hydrogens (tertiary/aromatic N) is 1. The molecule has 1 rings (SSSR count). The molecule has 0 radical (unpaired) electrons. The van der Waals surface area contributed by atoms with Gasteiger partial charge < -0.3 is 10.4 Å². The predicted molar refractivity (Wildman–Crippen MR) is 71.6 cm³/mol. The number of nitro benzene ring substituents is 1. The Morgan fingerprint density at radius 3 is 2.50 bits per heavy atom. The highest BCUT2D eigenvalue weighted by atomic mass is 16.6. The van der Waals surface area contributed by atoms with Crippen LogP contribution < -0.4 is 5.32 Å². The van der Waals surface area contributed by atoms with Gasteiger partial charge in [0.25, 0.3) is 11.6 Å². The monoisotopic (exact) mass is 280 g/mol. The maximum absolute atomic E-state index is 11.9. The number of carboxylic acids is 1. The summed E-state index contributed by atoms with van der Waals surface area (Å²) < 4.78 is 0. The van der Waals surface area contributed by atoms with Crippen LogP contribution in [-0.2, 0) is 4.79 Å². The Bertz CT molecular complexity index is 566. The van der Waals surface area contributed by atoms with Crippen LogP contribution in [0.25, 0.3) is 0 Å². The third-order valence-electron chi connectivity index (χ3n) is 2.94. The Morgan fingerprint density at radius 2 is 2.00 bits per heavy atom. The summed E-state index contributed by atoms with van der Waals surface area (Å²) in [5, 5.41) is 22.2. The summed E-state index contributed by atoms with van der Waals surface area (Å²) in [6, 6.07) is 4.12. The molecule has 108 valence electrons. The fraction of sp³-hybridized carbons (Fsp3) is 0.385. The van der Waals surface area contributed by atoms with Crippen LogP contribution in [0.4, 0.5) is 5.69 Å². The number of carbonyl (C=O) groups is 2. The maximum Gasteiger partial charge on any atom is 0.310 e. The lowest BCUT2D eigenvalue weighted by atomic mass is 9.94. The second-order valence-electron chi connectivity index (χ2n) is 5.13. The molecule has 1 aromatic rings. The second-order valence-corrected chi connectivity index (χ2v) is 5.13. The molecule has 0 heterocycles. The molecule has 1 amide bonds. The van der Waals surface area contributed by atoms with Crippen molar-refractivity contribution in [1.82, 2.24) is 5.32 Å². The summed E-state index contributed by atoms with van der Waals surface area (Å²) in [7, 11) is 0. The van der Waals surface area contributed by atoms with Gasteiger partial charge in [-0.25, -0.2) is 0 Å². The Morgan fingerprint density at radius 1 is 1.40 bits per heavy atom. The Kier molecular flexibility index (Phi) is 4.44. The molecular weight excluding hydrogens is 264 g/mol. The summed E-state index contributed by atoms with van der Waals surface area (Å²) in [5.74, 6) is -1.57. The highest BCUT2D eigenvalue weighted by Gasteiger charge is 2.28. The smallest absolute Gasteiger partial charge is 0.310 e. The summed E-state index contributed by atoms with van der Waals surface area (Å²) in [6.45, 7) is 4.47. The van der Waals surface area contributed by atoms with Gasteiger partial charge in [-0.15, -0.1) is 0 Å². The molecule has 7 heteroatoms. The molecule has 0 unspecified atom stereocenters. The Hall–Kier alpha value is -2.44. The minimum absolute atomic E-state index is 0.0666. The summed E-state index contributed by atoms with van der Waals surface area (Å²) in [6.07, 6.45) is 0. The van der Waals surface area contributed by atoms with Gasteiger partial charge in [-0.2, -0.15) is 0 Å². The lowest BCUT2D eigenvalue weighted by Gasteiger charge is -2.19. The summed E-state index contributed by atoms with van der Waals surface area (Å²) >= 11 is 0. The van der Waals surface area contributed by atoms with Crippen molar-refractivity contribution in [1.29, 1.82) is 0 Å². The zero-order valence-corrected chi connectivity index (χ0v) is 11.5. The normalized spacial score (nSPS) is 10.9. The van der Waals surface area contributed by atoms with E-state index in [1.54, 1.807) is 6.92 Å². The van der Waals surface area contributed by atoms with E-state index in [1.807, 2.05) is 0 Å². The molecule has 0 fully saturated rings. The van der Waals surface area contributed by atoms with Crippen molar-refractivity contribution in [2.24, 2.45) is 5.41 Å². The van der Waals surface area contributed by atoms with Crippen LogP contribution in [0, 0.1) is 22.5 Å². The molecule has 0 aliphatic heterocycles. The minimum Gasteiger partial charge on any atom is -0.481 e. The molecule has 0 aromatic heterocycles. The lowest BCUT2D eigenvalue weighted by Crippen LogP contribution is -2.38. The van der Waals surface area contributed by atoms with Crippen LogP contribution in [-0.4, -0.2) is 28.5 Å². The maximum atomic E-state index is 11.9. The van der Waals surface area contributed by atoms with Gasteiger partial charge >= 0.3 is 5.97 Å². The van der Waals surface area contributed by atoms with E-state index in [-0.39, 0.29) is 17.8 Å². The van der Waals surface area contributed by atoms with Gasteiger partial charge in [-0.3, -0.25) is 19.7 Å². The average Bonchev–Trinajstić information content (AvgIpc) is 2.36. The van der Waals surface area contributed by atoms with Crippen molar-refractivity contribution in [2.45, 2.75) is 20.8 Å². The van der Waals surface area contributed by atoms with Gasteiger partial charge in [0.2, 0.25) is 0 Å². The Balaban J connectivity index is 2.86. The van der Waals surface area contributed by atoms with E-state index in [1.165, 1.54) is 32.0 Å². The number of aliphatic carboxylic acids is 1. The fourth-order valence-electron chi connectivity index (χ4n) is 1.43. The van der Waals surface area contributed by atoms with Crippen molar-refractivity contribution in [3.8, 4) is 0 Å². The van der Waals surface area contributed by atoms with E-state index in [2.05, 4.69) is 5.32 Å². The predicted octanol–water partition coefficient (Wildman–Crippen LogP) is 1.74. The minimum atomic E-state index is -1.10. The van der Waals surface area contributed by atoms with Crippen molar-refractivity contribution < 1.29 is 19.6 Å². The van der Waals surface area contributed by atoms with E-state index in [0.29, 0.717) is 5.56 Å². The van der Waals surface area contributed by atoms with Gasteiger partial charge in [0.1, 0.15) is 0 Å². The number of hydrogen-bond acceptors (Lipinski definition) is 4. The first kappa shape index (κ1) is 15.6. The van der Waals surface area contributed by atoms with Crippen molar-refractivity contribution >= 4 is 17.6 Å². The van der Waals surface area contributed by atoms with E-state index in [9.17, 15) is 19.7 Å². The molecular formula is C13H16N2O5. The van der Waals surface area contributed by atoms with Crippen LogP contribution in [0.1, 0.15) is 29.8 Å². The van der Waals surface area contributed by atoms with E-state index >= 15 is 0 Å². The number of benzene rings is 1. The van der Waals surface area contributed by atoms with Gasteiger partial charge in [-0.1, -0.05) is 6.07 Å². The highest BCUT2D eigenvalue weighted by molar-refractivity contribution is 5.95. The average molecular weight is 280 g/mol. The van der Waals surface area contributed by atoms with Gasteiger partial charge in [0.05, 0.1) is 10.3 Å². The number of nitro groups is 1. The molecule has 0 bridgehead atoms. The third kappa shape index (κ3) is 3.53. The van der Waals surface area contributed by atoms with Crippen molar-refractivity contribution in [2.75, 3.05) is 6.54 Å². The molecule has 0 saturated heterocycles. The zero-order chi connectivity index (χ0) is 15.5. The van der Waals surface area contributed by atoms with Crippen LogP contribution in [0.5, 0.6) is 0 Å². The van der Waals surface area contributed by atoms with Crippen molar-refractivity contribution in [3.63, 3.8) is 0 Å². The first-order valence-corrected chi connectivity index (χ1v) is 5.92. The van der Waals surface area contributed by atoms with Crippen LogP contribution in [0.3, 0.4) is 0 Å². The molecule has 0 aliphatic rings. The molecule has 0 atom stereocenters. The van der Waals surface area contributed by atoms with E-state index in [0.717, 1.165) is 0 Å². The van der Waals surface area contributed by atoms with Gasteiger partial charge in [-0.05, 0) is 26.8 Å². The van der Waals surface area contributed by atoms with Crippen LogP contribution in [0.2, 0.25) is 0 Å². The molecule has 7 nitrogen and oxygen atoms in total. The topological polar surface area (TPSA) is 110 Å². The largest absolute Gasteiger partial charge is 0.481 e. The number of nitrogens with one attached hydrogen (secondary N) is 1. The number of carboxylic acid groups (broad SMARTS) is 1. The standard InChI is InChI=1S/C13H16N2O5/c1-8-4-5-9(6-10(8)15(19)20)11(16)14-7-13(2,3)12(17)18/h4-6H,7H2,1-3H3,(H,14,16)(H,17,18). The van der Waals surface area contributed by atoms with Crippen molar-refractivity contribution in [3.05, 3.63) is 39.4 Å². The quantitative estimate of drug-likeness (QED) is 0.630. The molecule has 0 aliphatic carbocycles. The summed E-state index contributed by atoms with van der Waals surface area (Å²) in [5.41, 5.74) is -0.664. The summed E-state index contributed by atoms with van der Waals surface area (Å²) in [4.78, 5) is 33.0. The van der Waals surface area contributed by atoms with E-state index < -0.39 is 22.2 Å². The fourth-order valence-corrected chi connectivity index (χ4v) is 1.43. The van der Waals surface area contributed by atoms with E-state index in [4.69, 9.17) is 5.11 Å². The molecule has 0 spiro atoms. The zero-order valence-electron chi connectivity index (χ0n) is 11.5. The first-order chi connectivity index (χ1) is 9.15. The molecule has 1 aromatic carbocycles. The lowest BCUT2D eigenvalue weighted by molar-refractivity contribution is -0.385. The van der Waals surface area contributed by atoms with Gasteiger partial charge in [0, 0.05) is 23.7 Å². The van der Waals surface area contributed by atoms with Crippen LogP contribution >= 0.6 is 0 Å². The molecule has 2 N–H and O–H groups in total. The molecule has 0 saturated carbocycles. The second kappa shape index (κ2) is 5.68. The highest BCUT2D eigenvalue weighted by Crippen LogP contribution is 2.19. The Labute approximate surface area is 115 Å². The number of aryl methyl sites for hydroxylation is 1. The van der Waals surface area contributed by atoms with Gasteiger partial charge in [0.15, 0.2) is 0 Å².